The van der Waals surface area contributed by atoms with Crippen LogP contribution in [0.4, 0.5) is 13.2 Å². The van der Waals surface area contributed by atoms with Crippen molar-refractivity contribution in [3.8, 4) is 5.06 Å². The molecule has 0 aliphatic heterocycles. The molecule has 0 unspecified atom stereocenters. The van der Waals surface area contributed by atoms with Crippen LogP contribution in [0, 0.1) is 0 Å². The molecule has 150 valence electrons. The predicted octanol–water partition coefficient (Wildman–Crippen LogP) is 3.69. The number of aromatic nitrogens is 4. The Morgan fingerprint density at radius 3 is 2.68 bits per heavy atom. The molecule has 0 atom stereocenters. The topological polar surface area (TPSA) is 70.7 Å². The quantitative estimate of drug-likeness (QED) is 0.553. The van der Waals surface area contributed by atoms with E-state index < -0.39 is 17.4 Å². The van der Waals surface area contributed by atoms with Crippen LogP contribution in [-0.4, -0.2) is 32.9 Å². The SMILES string of the molecule is C=C(OCC)c1c(OC)sc2nc(Cn3nc(C(F)(F)F)cc3Cl)cc(=O)n12. The predicted molar refractivity (Wildman–Crippen MR) is 97.9 cm³/mol. The van der Waals surface area contributed by atoms with Crippen molar-refractivity contribution in [1.82, 2.24) is 19.2 Å². The van der Waals surface area contributed by atoms with Crippen LogP contribution in [0.5, 0.6) is 5.06 Å². The molecule has 0 aliphatic carbocycles. The first-order chi connectivity index (χ1) is 13.2. The minimum absolute atomic E-state index is 0.196. The Bertz CT molecular complexity index is 1100. The summed E-state index contributed by atoms with van der Waals surface area (Å²) in [6, 6.07) is 1.90. The number of thiazole rings is 1. The summed E-state index contributed by atoms with van der Waals surface area (Å²) in [5.74, 6) is 0.243. The molecule has 0 fully saturated rings. The van der Waals surface area contributed by atoms with Crippen molar-refractivity contribution < 1.29 is 22.6 Å². The highest BCUT2D eigenvalue weighted by Crippen LogP contribution is 2.34. The molecule has 0 bridgehead atoms. The molecule has 7 nitrogen and oxygen atoms in total. The first-order valence-electron chi connectivity index (χ1n) is 7.87. The van der Waals surface area contributed by atoms with E-state index in [1.807, 2.05) is 0 Å². The molecule has 0 amide bonds. The van der Waals surface area contributed by atoms with Crippen LogP contribution in [-0.2, 0) is 17.5 Å². The van der Waals surface area contributed by atoms with E-state index in [0.29, 0.717) is 23.4 Å². The number of hydrogen-bond donors (Lipinski definition) is 0. The number of nitrogens with zero attached hydrogens (tertiary/aromatic N) is 4. The normalized spacial score (nSPS) is 11.8. The molecular weight excluding hydrogens is 421 g/mol. The average Bonchev–Trinajstić information content (AvgIpc) is 3.16. The van der Waals surface area contributed by atoms with Crippen LogP contribution in [0.3, 0.4) is 0 Å². The van der Waals surface area contributed by atoms with Crippen LogP contribution in [0.1, 0.15) is 24.0 Å². The van der Waals surface area contributed by atoms with Gasteiger partial charge in [-0.25, -0.2) is 14.1 Å². The van der Waals surface area contributed by atoms with Gasteiger partial charge in [-0.3, -0.25) is 4.79 Å². The molecule has 12 heteroatoms. The summed E-state index contributed by atoms with van der Waals surface area (Å²) >= 11 is 6.91. The van der Waals surface area contributed by atoms with Gasteiger partial charge in [0.2, 0.25) is 10.0 Å². The lowest BCUT2D eigenvalue weighted by Crippen LogP contribution is -2.18. The summed E-state index contributed by atoms with van der Waals surface area (Å²) in [5.41, 5.74) is -1.05. The van der Waals surface area contributed by atoms with Crippen molar-refractivity contribution >= 4 is 33.7 Å². The first-order valence-corrected chi connectivity index (χ1v) is 9.07. The van der Waals surface area contributed by atoms with Gasteiger partial charge >= 0.3 is 6.18 Å². The molecule has 0 N–H and O–H groups in total. The van der Waals surface area contributed by atoms with Crippen LogP contribution < -0.4 is 10.3 Å². The van der Waals surface area contributed by atoms with Crippen LogP contribution in [0.2, 0.25) is 5.15 Å². The van der Waals surface area contributed by atoms with Gasteiger partial charge in [0.25, 0.3) is 5.56 Å². The zero-order chi connectivity index (χ0) is 20.6. The molecule has 0 radical (unpaired) electrons. The van der Waals surface area contributed by atoms with Gasteiger partial charge in [0.15, 0.2) is 5.69 Å². The third kappa shape index (κ3) is 3.72. The van der Waals surface area contributed by atoms with E-state index in [2.05, 4.69) is 16.7 Å². The van der Waals surface area contributed by atoms with E-state index in [0.717, 1.165) is 16.0 Å². The van der Waals surface area contributed by atoms with E-state index in [1.54, 1.807) is 6.92 Å². The van der Waals surface area contributed by atoms with E-state index in [9.17, 15) is 18.0 Å². The standard InChI is InChI=1S/C16H14ClF3N4O3S/c1-4-27-8(2)13-14(26-3)28-15-21-9(5-12(25)24(13)15)7-23-11(17)6-10(22-23)16(18,19)20/h5-6H,2,4,7H2,1,3H3. The number of methoxy groups -OCH3 is 1. The van der Waals surface area contributed by atoms with Crippen molar-refractivity contribution in [3.05, 3.63) is 51.3 Å². The summed E-state index contributed by atoms with van der Waals surface area (Å²) in [5, 5.41) is 3.59. The molecule has 3 aromatic rings. The van der Waals surface area contributed by atoms with Crippen LogP contribution in [0.15, 0.2) is 23.5 Å². The monoisotopic (exact) mass is 434 g/mol. The van der Waals surface area contributed by atoms with Crippen molar-refractivity contribution in [2.75, 3.05) is 13.7 Å². The Morgan fingerprint density at radius 1 is 1.39 bits per heavy atom. The lowest BCUT2D eigenvalue weighted by atomic mass is 10.3. The maximum absolute atomic E-state index is 12.8. The fourth-order valence-corrected chi connectivity index (χ4v) is 3.69. The maximum Gasteiger partial charge on any atom is 0.435 e. The van der Waals surface area contributed by atoms with Gasteiger partial charge in [0.1, 0.15) is 16.6 Å². The van der Waals surface area contributed by atoms with Gasteiger partial charge in [0, 0.05) is 12.1 Å². The molecule has 0 spiro atoms. The number of rotatable bonds is 6. The van der Waals surface area contributed by atoms with Crippen LogP contribution in [0.25, 0.3) is 10.7 Å². The second-order valence-electron chi connectivity index (χ2n) is 5.51. The summed E-state index contributed by atoms with van der Waals surface area (Å²) < 4.78 is 51.2. The highest BCUT2D eigenvalue weighted by atomic mass is 35.5. The third-order valence-electron chi connectivity index (χ3n) is 3.64. The Labute approximate surface area is 165 Å². The molecule has 0 aliphatic rings. The minimum atomic E-state index is -4.62. The molecule has 3 rings (SSSR count). The summed E-state index contributed by atoms with van der Waals surface area (Å²) in [4.78, 5) is 17.2. The highest BCUT2D eigenvalue weighted by Gasteiger charge is 2.34. The van der Waals surface area contributed by atoms with Gasteiger partial charge in [-0.15, -0.1) is 0 Å². The number of alkyl halides is 3. The van der Waals surface area contributed by atoms with Gasteiger partial charge in [-0.2, -0.15) is 18.3 Å². The molecule has 3 heterocycles. The zero-order valence-electron chi connectivity index (χ0n) is 14.7. The lowest BCUT2D eigenvalue weighted by molar-refractivity contribution is -0.141. The number of hydrogen-bond acceptors (Lipinski definition) is 6. The Morgan fingerprint density at radius 2 is 2.11 bits per heavy atom. The Kier molecular flexibility index (Phi) is 5.39. The van der Waals surface area contributed by atoms with Gasteiger partial charge < -0.3 is 9.47 Å². The molecule has 0 saturated heterocycles. The smallest absolute Gasteiger partial charge is 0.435 e. The highest BCUT2D eigenvalue weighted by molar-refractivity contribution is 7.19. The molecule has 3 aromatic heterocycles. The summed E-state index contributed by atoms with van der Waals surface area (Å²) in [6.45, 7) is 5.71. The Balaban J connectivity index is 2.05. The average molecular weight is 435 g/mol. The van der Waals surface area contributed by atoms with Gasteiger partial charge in [-0.05, 0) is 6.92 Å². The lowest BCUT2D eigenvalue weighted by Gasteiger charge is -2.08. The Hall–Kier alpha value is -2.53. The first kappa shape index (κ1) is 20.2. The van der Waals surface area contributed by atoms with Crippen molar-refractivity contribution in [2.45, 2.75) is 19.6 Å². The van der Waals surface area contributed by atoms with Crippen molar-refractivity contribution in [3.63, 3.8) is 0 Å². The largest absolute Gasteiger partial charge is 0.492 e. The minimum Gasteiger partial charge on any atom is -0.492 e. The van der Waals surface area contributed by atoms with E-state index in [1.165, 1.54) is 17.6 Å². The molecule has 0 aromatic carbocycles. The summed E-state index contributed by atoms with van der Waals surface area (Å²) in [6.07, 6.45) is -4.62. The second kappa shape index (κ2) is 7.47. The van der Waals surface area contributed by atoms with E-state index >= 15 is 0 Å². The van der Waals surface area contributed by atoms with Crippen LogP contribution >= 0.6 is 22.9 Å². The molecule has 28 heavy (non-hydrogen) atoms. The number of ether oxygens (including phenoxy) is 2. The molecule has 0 saturated carbocycles. The van der Waals surface area contributed by atoms with E-state index in [-0.39, 0.29) is 28.1 Å². The van der Waals surface area contributed by atoms with Crippen molar-refractivity contribution in [1.29, 1.82) is 0 Å². The van der Waals surface area contributed by atoms with Gasteiger partial charge in [0.05, 0.1) is 26.0 Å². The van der Waals surface area contributed by atoms with E-state index in [4.69, 9.17) is 21.1 Å². The zero-order valence-corrected chi connectivity index (χ0v) is 16.3. The fraction of sp³-hybridized carbons (Fsp3) is 0.312. The maximum atomic E-state index is 12.8. The number of halogens is 4. The number of fused-ring (bicyclic) bond motifs is 1. The molecular formula is C16H14ClF3N4O3S. The van der Waals surface area contributed by atoms with Crippen molar-refractivity contribution in [2.24, 2.45) is 0 Å². The van der Waals surface area contributed by atoms with Gasteiger partial charge in [-0.1, -0.05) is 29.5 Å². The third-order valence-corrected chi connectivity index (χ3v) is 4.95. The fourth-order valence-electron chi connectivity index (χ4n) is 2.50. The summed E-state index contributed by atoms with van der Waals surface area (Å²) in [7, 11) is 1.43. The second-order valence-corrected chi connectivity index (χ2v) is 6.84.